The predicted molar refractivity (Wildman–Crippen MR) is 447 cm³/mol. The number of fused-ring (bicyclic) bond motifs is 2. The first-order valence-electron chi connectivity index (χ1n) is 45.8. The molecule has 40 heteroatoms. The van der Waals surface area contributed by atoms with Crippen LogP contribution in [0.2, 0.25) is 0 Å². The van der Waals surface area contributed by atoms with E-state index >= 15 is 0 Å². The first-order valence-corrected chi connectivity index (χ1v) is 45.8. The third-order valence-corrected chi connectivity index (χ3v) is 27.6. The van der Waals surface area contributed by atoms with Gasteiger partial charge in [0.05, 0.1) is 134 Å². The molecule has 0 radical (unpaired) electrons. The van der Waals surface area contributed by atoms with Gasteiger partial charge in [-0.3, -0.25) is 9.59 Å². The lowest BCUT2D eigenvalue weighted by atomic mass is 9.48. The minimum Gasteiger partial charge on any atom is -0.502 e. The van der Waals surface area contributed by atoms with Crippen LogP contribution in [0.25, 0.3) is 0 Å². The van der Waals surface area contributed by atoms with Crippen molar-refractivity contribution in [1.82, 2.24) is 0 Å². The smallest absolute Gasteiger partial charge is 0.502 e. The van der Waals surface area contributed by atoms with Gasteiger partial charge in [-0.2, -0.15) is 52.7 Å². The van der Waals surface area contributed by atoms with Crippen LogP contribution in [0, 0.1) is 88.3 Å². The Hall–Kier alpha value is -7.74. The van der Waals surface area contributed by atoms with Crippen LogP contribution in [0.15, 0.2) is 77.0 Å². The van der Waals surface area contributed by atoms with Crippen molar-refractivity contribution in [3.63, 3.8) is 0 Å². The number of rotatable bonds is 43. The van der Waals surface area contributed by atoms with Crippen molar-refractivity contribution < 1.29 is 183 Å². The summed E-state index contributed by atoms with van der Waals surface area (Å²) in [5.41, 5.74) is -2.30. The van der Waals surface area contributed by atoms with E-state index in [-0.39, 0.29) is 71.2 Å². The van der Waals surface area contributed by atoms with Crippen LogP contribution in [-0.2, 0) is 85.5 Å². The molecule has 0 aromatic carbocycles. The summed E-state index contributed by atoms with van der Waals surface area (Å²) in [7, 11) is 0. The molecular weight excluding hydrogens is 1830 g/mol. The molecule has 13 aliphatic rings. The first-order chi connectivity index (χ1) is 62.2. The van der Waals surface area contributed by atoms with Gasteiger partial charge in [-0.05, 0) is 237 Å². The van der Waals surface area contributed by atoms with Crippen molar-refractivity contribution in [3.05, 3.63) is 77.0 Å². The highest BCUT2D eigenvalue weighted by molar-refractivity contribution is 5.78. The summed E-state index contributed by atoms with van der Waals surface area (Å²) < 4.78 is 328. The highest BCUT2D eigenvalue weighted by Gasteiger charge is 2.65. The first kappa shape index (κ1) is 115. The van der Waals surface area contributed by atoms with Gasteiger partial charge >= 0.3 is 95.4 Å². The van der Waals surface area contributed by atoms with E-state index in [2.05, 4.69) is 53.7 Å². The van der Waals surface area contributed by atoms with E-state index in [1.165, 1.54) is 37.6 Å². The molecule has 0 aromatic rings. The Bertz CT molecular complexity index is 3710. The molecule has 0 amide bonds. The monoisotopic (exact) mass is 1960 g/mol. The van der Waals surface area contributed by atoms with E-state index in [4.69, 9.17) is 52.1 Å². The average Bonchev–Trinajstić information content (AvgIpc) is 0.831. The maximum absolute atomic E-state index is 13.3. The van der Waals surface area contributed by atoms with Crippen molar-refractivity contribution in [2.75, 3.05) is 72.7 Å². The van der Waals surface area contributed by atoms with Gasteiger partial charge in [-0.15, -0.1) is 0 Å². The van der Waals surface area contributed by atoms with Crippen molar-refractivity contribution >= 4 is 36.2 Å². The molecule has 770 valence electrons. The molecule has 13 aliphatic carbocycles. The minimum atomic E-state index is -4.24. The van der Waals surface area contributed by atoms with E-state index in [0.29, 0.717) is 151 Å². The van der Waals surface area contributed by atoms with Gasteiger partial charge in [0.1, 0.15) is 30.0 Å². The SMILES string of the molecule is C=COC12CC3CC(C1)CC(C(=O)OCCC(F)(F)C(C)(F)F)(C3)C2.C=COC12CC3CC(C1)CC(OC(=O)OCCC(F)(F)C(C)(F)F)(C3)C2.C=COCC1CC2CC1CC2COC(=O)C(C)(F)F.C=COCC1CCC(C(=O)OCCC(F)(F)C(C)(F)F)CC1.C=COCC1CCC(COC(=O)C(C)(F)F)CC1.C=COCC1CCC(COC(=O)OCCC(F)(F)C(C)(F)F)CC1. The average molecular weight is 1960 g/mol. The second kappa shape index (κ2) is 49.2. The number of carbonyl (C=O) groups excluding carboxylic acids is 6. The second-order valence-corrected chi connectivity index (χ2v) is 38.8. The van der Waals surface area contributed by atoms with Crippen LogP contribution in [0.4, 0.5) is 97.4 Å². The van der Waals surface area contributed by atoms with Crippen LogP contribution in [0.1, 0.15) is 241 Å². The van der Waals surface area contributed by atoms with Crippen LogP contribution in [-0.4, -0.2) is 185 Å². The number of hydrogen-bond acceptors (Lipinski definition) is 20. The summed E-state index contributed by atoms with van der Waals surface area (Å²) in [4.78, 5) is 69.6. The number of carbonyl (C=O) groups is 6. The van der Waals surface area contributed by atoms with Gasteiger partial charge in [-0.25, -0.2) is 54.3 Å². The molecule has 13 rings (SSSR count). The maximum Gasteiger partial charge on any atom is 0.508 e. The standard InChI is InChI=1S/C18H24F4O4.C18H24F4O3.C16H24F4O4.C15H22F4O3.C14H20F2O3.C13H20F2O3/c1-3-25-16-7-12-6-13(8-16)10-17(9-12,11-16)26-14(23)24-5-4-18(21,22)15(2,19)20;1-3-25-17-9-12-6-13(10-17)8-16(7-12,11-17)14(23)24-5-4-18(21,22)15(2,19)20;1-3-22-10-12-4-6-13(7-5-12)11-24-14(21)23-9-8-16(19,20)15(2,17)18;1-3-21-10-11-4-6-12(7-5-11)13(20)22-9-8-15(18,19)14(2,16)17;1-3-18-7-11-5-10-4-9(11)6-12(10)8-19-13(17)14(2,15)16;1-3-17-8-10-4-6-11(7-5-10)9-18-12(16)13(2,14)15/h3,12-13H,1,4-11H2,2H3;3,12-13H,1,4-11H2,2H3;3,12-13H,1,4-11H2,2H3;3,11-12H,1,4-10H2,2H3;3,9-12H,1,4-8H2,2H3;3,10-11H,1,4-9H2,2H3. The van der Waals surface area contributed by atoms with Crippen molar-refractivity contribution in [2.45, 2.75) is 317 Å². The quantitative estimate of drug-likeness (QED) is 0.0239. The summed E-state index contributed by atoms with van der Waals surface area (Å²) in [6.07, 6.45) is 23.8. The zero-order valence-electron chi connectivity index (χ0n) is 77.2. The molecule has 0 N–H and O–H groups in total. The van der Waals surface area contributed by atoms with Gasteiger partial charge in [0.15, 0.2) is 0 Å². The molecule has 13 saturated carbocycles. The van der Waals surface area contributed by atoms with E-state index < -0.39 is 170 Å². The third-order valence-electron chi connectivity index (χ3n) is 27.6. The number of alkyl halides is 20. The third kappa shape index (κ3) is 35.0. The predicted octanol–water partition coefficient (Wildman–Crippen LogP) is 24.9. The Balaban J connectivity index is 0.000000248. The Morgan fingerprint density at radius 2 is 0.619 bits per heavy atom. The van der Waals surface area contributed by atoms with Gasteiger partial charge in [0.25, 0.3) is 0 Å². The van der Waals surface area contributed by atoms with Gasteiger partial charge in [0, 0.05) is 54.4 Å². The van der Waals surface area contributed by atoms with Crippen LogP contribution in [0.5, 0.6) is 0 Å². The zero-order chi connectivity index (χ0) is 100. The van der Waals surface area contributed by atoms with E-state index in [0.717, 1.165) is 122 Å². The molecule has 0 saturated heterocycles. The Labute approximate surface area is 770 Å². The van der Waals surface area contributed by atoms with Crippen LogP contribution < -0.4 is 0 Å². The molecule has 8 unspecified atom stereocenters. The molecule has 8 atom stereocenters. The highest BCUT2D eigenvalue weighted by atomic mass is 19.3. The fourth-order valence-electron chi connectivity index (χ4n) is 21.0. The summed E-state index contributed by atoms with van der Waals surface area (Å²) >= 11 is 0. The number of ether oxygens (including phenoxy) is 14. The Morgan fingerprint density at radius 1 is 0.313 bits per heavy atom. The van der Waals surface area contributed by atoms with E-state index in [1.54, 1.807) is 0 Å². The Morgan fingerprint density at radius 3 is 0.978 bits per heavy atom. The lowest BCUT2D eigenvalue weighted by Gasteiger charge is -2.59. The molecular formula is C94H134F20O20. The maximum atomic E-state index is 13.3. The minimum absolute atomic E-state index is 0.0945. The molecule has 0 aliphatic heterocycles. The molecule has 20 nitrogen and oxygen atoms in total. The summed E-state index contributed by atoms with van der Waals surface area (Å²) in [6, 6.07) is 0. The summed E-state index contributed by atoms with van der Waals surface area (Å²) in [5.74, 6) is -39.7. The molecule has 0 aromatic heterocycles. The summed E-state index contributed by atoms with van der Waals surface area (Å²) in [6.45, 7) is 22.7. The Kier molecular flexibility index (Phi) is 42.2. The van der Waals surface area contributed by atoms with Crippen LogP contribution in [0.3, 0.4) is 0 Å². The molecule has 0 heterocycles. The lowest BCUT2D eigenvalue weighted by Crippen LogP contribution is -2.61. The van der Waals surface area contributed by atoms with Gasteiger partial charge < -0.3 is 66.3 Å². The van der Waals surface area contributed by atoms with Crippen molar-refractivity contribution in [2.24, 2.45) is 88.3 Å². The van der Waals surface area contributed by atoms with Crippen molar-refractivity contribution in [1.29, 1.82) is 0 Å². The highest BCUT2D eigenvalue weighted by Crippen LogP contribution is 2.64. The van der Waals surface area contributed by atoms with Crippen LogP contribution >= 0.6 is 0 Å². The van der Waals surface area contributed by atoms with Gasteiger partial charge in [0.2, 0.25) is 0 Å². The fraction of sp³-hybridized carbons (Fsp3) is 0.809. The molecule has 10 bridgehead atoms. The van der Waals surface area contributed by atoms with E-state index in [9.17, 15) is 117 Å². The largest absolute Gasteiger partial charge is 0.508 e. The van der Waals surface area contributed by atoms with Gasteiger partial charge in [-0.1, -0.05) is 39.5 Å². The topological polar surface area (TPSA) is 232 Å². The molecule has 134 heavy (non-hydrogen) atoms. The lowest BCUT2D eigenvalue weighted by molar-refractivity contribution is -0.214. The fourth-order valence-corrected chi connectivity index (χ4v) is 21.0. The molecule has 13 fully saturated rings. The number of halogens is 20. The summed E-state index contributed by atoms with van der Waals surface area (Å²) in [5, 5.41) is 0. The van der Waals surface area contributed by atoms with E-state index in [1.807, 2.05) is 0 Å². The number of esters is 4. The zero-order valence-corrected chi connectivity index (χ0v) is 77.2. The molecule has 0 spiro atoms. The number of hydrogen-bond donors (Lipinski definition) is 0. The normalized spacial score (nSPS) is 29.5. The second-order valence-electron chi connectivity index (χ2n) is 38.8. The van der Waals surface area contributed by atoms with Crippen molar-refractivity contribution in [3.8, 4) is 0 Å².